The quantitative estimate of drug-likeness (QED) is 0.455. The van der Waals surface area contributed by atoms with Crippen molar-refractivity contribution < 1.29 is 28.9 Å². The molecule has 1 aliphatic rings. The van der Waals surface area contributed by atoms with Gasteiger partial charge in [0.15, 0.2) is 0 Å². The Labute approximate surface area is 201 Å². The molecule has 184 valence electrons. The molecular weight excluding hydrogens is 434 g/mol. The zero-order valence-electron chi connectivity index (χ0n) is 20.4. The minimum Gasteiger partial charge on any atom is -0.480 e. The summed E-state index contributed by atoms with van der Waals surface area (Å²) < 4.78 is 16.9. The molecule has 1 amide bonds. The van der Waals surface area contributed by atoms with Gasteiger partial charge in [-0.15, -0.1) is 0 Å². The number of hydrogen-bond acceptors (Lipinski definition) is 5. The van der Waals surface area contributed by atoms with E-state index in [-0.39, 0.29) is 19.1 Å². The van der Waals surface area contributed by atoms with Crippen LogP contribution in [0.2, 0.25) is 0 Å². The lowest BCUT2D eigenvalue weighted by atomic mass is 9.98. The molecule has 2 aromatic carbocycles. The van der Waals surface area contributed by atoms with Crippen LogP contribution in [0, 0.1) is 0 Å². The Morgan fingerprint density at radius 1 is 0.882 bits per heavy atom. The fourth-order valence-corrected chi connectivity index (χ4v) is 4.09. The molecule has 0 heterocycles. The Bertz CT molecular complexity index is 955. The van der Waals surface area contributed by atoms with Crippen molar-refractivity contribution in [3.8, 4) is 11.1 Å². The van der Waals surface area contributed by atoms with Crippen molar-refractivity contribution in [2.75, 3.05) is 26.4 Å². The number of alkyl carbamates (subject to hydrolysis) is 1. The Balaban J connectivity index is 1.40. The molecule has 0 saturated heterocycles. The topological polar surface area (TPSA) is 94.1 Å². The smallest absolute Gasteiger partial charge is 0.407 e. The summed E-state index contributed by atoms with van der Waals surface area (Å²) in [5, 5.41) is 11.6. The lowest BCUT2D eigenvalue weighted by molar-refractivity contribution is -0.150. The number of nitrogens with one attached hydrogen (secondary N) is 1. The molecule has 2 aromatic rings. The van der Waals surface area contributed by atoms with Crippen molar-refractivity contribution >= 4 is 12.1 Å². The van der Waals surface area contributed by atoms with E-state index in [1.54, 1.807) is 0 Å². The number of carboxylic acids is 1. The third-order valence-electron chi connectivity index (χ3n) is 6.12. The number of hydrogen-bond donors (Lipinski definition) is 2. The Morgan fingerprint density at radius 2 is 1.44 bits per heavy atom. The van der Waals surface area contributed by atoms with E-state index in [1.807, 2.05) is 52.0 Å². The molecule has 0 saturated carbocycles. The van der Waals surface area contributed by atoms with Gasteiger partial charge < -0.3 is 24.6 Å². The number of carbonyl (C=O) groups is 2. The number of ether oxygens (including phenoxy) is 3. The van der Waals surface area contributed by atoms with Gasteiger partial charge >= 0.3 is 12.1 Å². The minimum atomic E-state index is -0.992. The highest BCUT2D eigenvalue weighted by molar-refractivity contribution is 5.79. The maximum Gasteiger partial charge on any atom is 0.407 e. The van der Waals surface area contributed by atoms with Crippen molar-refractivity contribution in [3.05, 3.63) is 59.7 Å². The highest BCUT2D eigenvalue weighted by Crippen LogP contribution is 2.44. The van der Waals surface area contributed by atoms with Crippen LogP contribution in [0.1, 0.15) is 57.6 Å². The molecular formula is C27H35NO6. The fraction of sp³-hybridized carbons (Fsp3) is 0.481. The summed E-state index contributed by atoms with van der Waals surface area (Å²) in [4.78, 5) is 23.0. The molecule has 0 aliphatic heterocycles. The maximum absolute atomic E-state index is 12.3. The maximum atomic E-state index is 12.3. The summed E-state index contributed by atoms with van der Waals surface area (Å²) in [6.07, 6.45) is 0.720. The second-order valence-corrected chi connectivity index (χ2v) is 9.80. The second-order valence-electron chi connectivity index (χ2n) is 9.80. The molecule has 0 fully saturated rings. The van der Waals surface area contributed by atoms with E-state index in [0.717, 1.165) is 0 Å². The van der Waals surface area contributed by atoms with Crippen molar-refractivity contribution in [2.24, 2.45) is 0 Å². The van der Waals surface area contributed by atoms with Crippen LogP contribution in [0.25, 0.3) is 11.1 Å². The summed E-state index contributed by atoms with van der Waals surface area (Å²) in [6, 6.07) is 16.5. The second kappa shape index (κ2) is 11.0. The molecule has 1 aliphatic carbocycles. The zero-order chi connectivity index (χ0) is 24.8. The lowest BCUT2D eigenvalue weighted by Crippen LogP contribution is -2.35. The Morgan fingerprint density at radius 3 is 2.03 bits per heavy atom. The predicted molar refractivity (Wildman–Crippen MR) is 130 cm³/mol. The van der Waals surface area contributed by atoms with Gasteiger partial charge in [-0.2, -0.15) is 0 Å². The number of aliphatic carboxylic acids is 1. The first-order valence-electron chi connectivity index (χ1n) is 11.7. The molecule has 0 spiro atoms. The van der Waals surface area contributed by atoms with E-state index in [9.17, 15) is 9.59 Å². The van der Waals surface area contributed by atoms with E-state index in [4.69, 9.17) is 19.3 Å². The van der Waals surface area contributed by atoms with Crippen LogP contribution in [0.15, 0.2) is 48.5 Å². The van der Waals surface area contributed by atoms with Crippen LogP contribution in [0.5, 0.6) is 0 Å². The van der Waals surface area contributed by atoms with Gasteiger partial charge in [-0.25, -0.2) is 9.59 Å². The molecule has 7 heteroatoms. The summed E-state index contributed by atoms with van der Waals surface area (Å²) >= 11 is 0. The zero-order valence-corrected chi connectivity index (χ0v) is 20.4. The van der Waals surface area contributed by atoms with Gasteiger partial charge in [0, 0.05) is 12.5 Å². The third kappa shape index (κ3) is 7.05. The summed E-state index contributed by atoms with van der Waals surface area (Å²) in [7, 11) is 0. The van der Waals surface area contributed by atoms with Gasteiger partial charge in [0.05, 0.1) is 17.8 Å². The fourth-order valence-electron chi connectivity index (χ4n) is 4.09. The Kier molecular flexibility index (Phi) is 8.33. The van der Waals surface area contributed by atoms with Crippen LogP contribution in [0.3, 0.4) is 0 Å². The number of carbonyl (C=O) groups excluding carboxylic acids is 1. The van der Waals surface area contributed by atoms with Crippen molar-refractivity contribution in [2.45, 2.75) is 57.7 Å². The molecule has 2 N–H and O–H groups in total. The first-order valence-corrected chi connectivity index (χ1v) is 11.7. The van der Waals surface area contributed by atoms with Gasteiger partial charge in [0.25, 0.3) is 0 Å². The molecule has 0 bridgehead atoms. The van der Waals surface area contributed by atoms with Crippen molar-refractivity contribution in [1.29, 1.82) is 0 Å². The van der Waals surface area contributed by atoms with Crippen molar-refractivity contribution in [3.63, 3.8) is 0 Å². The summed E-state index contributed by atoms with van der Waals surface area (Å²) in [5.41, 5.74) is 3.71. The van der Waals surface area contributed by atoms with Crippen LogP contribution >= 0.6 is 0 Å². The summed E-state index contributed by atoms with van der Waals surface area (Å²) in [6.45, 7) is 8.38. The monoisotopic (exact) mass is 469 g/mol. The first-order chi connectivity index (χ1) is 16.1. The predicted octanol–water partition coefficient (Wildman–Crippen LogP) is 4.98. The molecule has 0 unspecified atom stereocenters. The van der Waals surface area contributed by atoms with Gasteiger partial charge in [0.1, 0.15) is 13.2 Å². The van der Waals surface area contributed by atoms with Crippen LogP contribution in [-0.2, 0) is 19.0 Å². The third-order valence-corrected chi connectivity index (χ3v) is 6.12. The number of fused-ring (bicyclic) bond motifs is 3. The minimum absolute atomic E-state index is 0.0321. The summed E-state index contributed by atoms with van der Waals surface area (Å²) in [5.74, 6) is -0.960. The highest BCUT2D eigenvalue weighted by atomic mass is 16.5. The van der Waals surface area contributed by atoms with Crippen LogP contribution < -0.4 is 5.32 Å². The van der Waals surface area contributed by atoms with E-state index in [0.29, 0.717) is 26.0 Å². The molecule has 0 atom stereocenters. The highest BCUT2D eigenvalue weighted by Gasteiger charge is 2.29. The average molecular weight is 470 g/mol. The Hall–Kier alpha value is -2.90. The van der Waals surface area contributed by atoms with Gasteiger partial charge in [-0.05, 0) is 62.8 Å². The van der Waals surface area contributed by atoms with Gasteiger partial charge in [0.2, 0.25) is 0 Å². The van der Waals surface area contributed by atoms with E-state index >= 15 is 0 Å². The van der Waals surface area contributed by atoms with Gasteiger partial charge in [-0.3, -0.25) is 0 Å². The standard InChI is InChI=1S/C27H35NO6/c1-26(2,33-16-14-27(3,4)34-18-24(29)30)13-15-28-25(31)32-17-23-21-11-7-5-9-19(21)20-10-6-8-12-22(20)23/h5-12,23H,13-18H2,1-4H3,(H,28,31)(H,29,30). The number of rotatable bonds is 12. The first kappa shape index (κ1) is 25.7. The van der Waals surface area contributed by atoms with E-state index < -0.39 is 23.3 Å². The number of carboxylic acid groups (broad SMARTS) is 1. The lowest BCUT2D eigenvalue weighted by Gasteiger charge is -2.29. The van der Waals surface area contributed by atoms with Gasteiger partial charge in [-0.1, -0.05) is 48.5 Å². The largest absolute Gasteiger partial charge is 0.480 e. The normalized spacial score (nSPS) is 13.3. The van der Waals surface area contributed by atoms with Crippen molar-refractivity contribution in [1.82, 2.24) is 5.32 Å². The molecule has 0 aromatic heterocycles. The molecule has 0 radical (unpaired) electrons. The number of amides is 1. The van der Waals surface area contributed by atoms with E-state index in [1.165, 1.54) is 22.3 Å². The number of benzene rings is 2. The van der Waals surface area contributed by atoms with E-state index in [2.05, 4.69) is 29.6 Å². The molecule has 34 heavy (non-hydrogen) atoms. The van der Waals surface area contributed by atoms with Crippen LogP contribution in [-0.4, -0.2) is 54.7 Å². The average Bonchev–Trinajstić information content (AvgIpc) is 3.10. The molecule has 7 nitrogen and oxygen atoms in total. The molecule has 3 rings (SSSR count). The van der Waals surface area contributed by atoms with Crippen LogP contribution in [0.4, 0.5) is 4.79 Å². The SMILES string of the molecule is CC(C)(CCNC(=O)OCC1c2ccccc2-c2ccccc21)OCCC(C)(C)OCC(=O)O.